The summed E-state index contributed by atoms with van der Waals surface area (Å²) in [6, 6.07) is 12.5. The Kier molecular flexibility index (Phi) is 2.56. The Morgan fingerprint density at radius 3 is 2.68 bits per heavy atom. The highest BCUT2D eigenvalue weighted by Gasteiger charge is 2.30. The number of nitrogen functional groups attached to an aromatic ring is 1. The minimum absolute atomic E-state index is 0.0981. The van der Waals surface area contributed by atoms with Gasteiger partial charge in [0.1, 0.15) is 11.4 Å². The molecule has 1 aliphatic heterocycles. The van der Waals surface area contributed by atoms with Gasteiger partial charge in [0.05, 0.1) is 0 Å². The van der Waals surface area contributed by atoms with Gasteiger partial charge in [0.25, 0.3) is 0 Å². The summed E-state index contributed by atoms with van der Waals surface area (Å²) >= 11 is 0. The lowest BCUT2D eigenvalue weighted by Gasteiger charge is -2.16. The van der Waals surface area contributed by atoms with Crippen molar-refractivity contribution >= 4 is 5.69 Å². The van der Waals surface area contributed by atoms with Crippen LogP contribution < -0.4 is 10.5 Å². The number of nitrogens with two attached hydrogens (primary N) is 1. The summed E-state index contributed by atoms with van der Waals surface area (Å²) in [6.45, 7) is 6.32. The normalized spacial score (nSPS) is 15.9. The quantitative estimate of drug-likeness (QED) is 0.781. The maximum Gasteiger partial charge on any atom is 0.123 e. The predicted molar refractivity (Wildman–Crippen MR) is 79.4 cm³/mol. The Bertz CT molecular complexity index is 644. The summed E-state index contributed by atoms with van der Waals surface area (Å²) in [6.07, 6.45) is 0.946. The van der Waals surface area contributed by atoms with Gasteiger partial charge >= 0.3 is 0 Å². The van der Waals surface area contributed by atoms with Gasteiger partial charge in [0, 0.05) is 17.7 Å². The lowest BCUT2D eigenvalue weighted by Crippen LogP contribution is -2.24. The fraction of sp³-hybridized carbons (Fsp3) is 0.294. The highest BCUT2D eigenvalue weighted by Crippen LogP contribution is 2.38. The molecule has 0 atom stereocenters. The summed E-state index contributed by atoms with van der Waals surface area (Å²) in [5.74, 6) is 1.000. The van der Waals surface area contributed by atoms with E-state index in [0.717, 1.165) is 23.4 Å². The summed E-state index contributed by atoms with van der Waals surface area (Å²) in [7, 11) is 0. The van der Waals surface area contributed by atoms with Crippen molar-refractivity contribution in [1.82, 2.24) is 0 Å². The molecule has 0 aromatic heterocycles. The van der Waals surface area contributed by atoms with E-state index in [-0.39, 0.29) is 5.60 Å². The van der Waals surface area contributed by atoms with Crippen LogP contribution in [-0.4, -0.2) is 5.60 Å². The number of benzene rings is 2. The average Bonchev–Trinajstić information content (AvgIpc) is 2.65. The van der Waals surface area contributed by atoms with Crippen molar-refractivity contribution < 1.29 is 4.74 Å². The van der Waals surface area contributed by atoms with Crippen LogP contribution in [0.3, 0.4) is 0 Å². The summed E-state index contributed by atoms with van der Waals surface area (Å²) < 4.78 is 5.91. The fourth-order valence-electron chi connectivity index (χ4n) is 2.70. The third-order valence-electron chi connectivity index (χ3n) is 3.58. The van der Waals surface area contributed by atoms with Crippen LogP contribution in [0.1, 0.15) is 25.0 Å². The van der Waals surface area contributed by atoms with E-state index in [1.165, 1.54) is 16.7 Å². The first-order valence-corrected chi connectivity index (χ1v) is 6.63. The monoisotopic (exact) mass is 253 g/mol. The van der Waals surface area contributed by atoms with Gasteiger partial charge in [-0.05, 0) is 56.2 Å². The highest BCUT2D eigenvalue weighted by molar-refractivity contribution is 5.78. The number of hydrogen-bond donors (Lipinski definition) is 1. The number of ether oxygens (including phenoxy) is 1. The van der Waals surface area contributed by atoms with Gasteiger partial charge in [0.15, 0.2) is 0 Å². The van der Waals surface area contributed by atoms with E-state index < -0.39 is 0 Å². The van der Waals surface area contributed by atoms with E-state index >= 15 is 0 Å². The molecule has 0 amide bonds. The molecule has 0 radical (unpaired) electrons. The Balaban J connectivity index is 2.07. The van der Waals surface area contributed by atoms with Crippen LogP contribution in [0.25, 0.3) is 11.1 Å². The van der Waals surface area contributed by atoms with Crippen LogP contribution in [0, 0.1) is 6.92 Å². The Morgan fingerprint density at radius 2 is 1.89 bits per heavy atom. The van der Waals surface area contributed by atoms with E-state index in [0.29, 0.717) is 0 Å². The lowest BCUT2D eigenvalue weighted by molar-refractivity contribution is 0.138. The molecule has 2 nitrogen and oxygen atoms in total. The molecule has 2 N–H and O–H groups in total. The average molecular weight is 253 g/mol. The molecule has 3 rings (SSSR count). The molecule has 0 saturated carbocycles. The summed E-state index contributed by atoms with van der Waals surface area (Å²) in [5, 5.41) is 0. The van der Waals surface area contributed by atoms with Crippen molar-refractivity contribution in [2.75, 3.05) is 5.73 Å². The Hall–Kier alpha value is -1.96. The molecule has 98 valence electrons. The molecule has 1 aliphatic rings. The topological polar surface area (TPSA) is 35.2 Å². The number of fused-ring (bicyclic) bond motifs is 1. The Labute approximate surface area is 114 Å². The zero-order valence-electron chi connectivity index (χ0n) is 11.7. The van der Waals surface area contributed by atoms with Gasteiger partial charge in [-0.15, -0.1) is 0 Å². The molecule has 1 heterocycles. The minimum atomic E-state index is -0.0981. The number of anilines is 1. The number of rotatable bonds is 1. The van der Waals surface area contributed by atoms with E-state index in [4.69, 9.17) is 10.5 Å². The molecule has 0 fully saturated rings. The maximum atomic E-state index is 6.09. The third-order valence-corrected chi connectivity index (χ3v) is 3.58. The zero-order valence-corrected chi connectivity index (χ0v) is 11.7. The van der Waals surface area contributed by atoms with Gasteiger partial charge in [0.2, 0.25) is 0 Å². The molecule has 0 aliphatic carbocycles. The SMILES string of the molecule is Cc1ccc(N)c(-c2ccc3c(c2)CC(C)(C)O3)c1. The molecule has 19 heavy (non-hydrogen) atoms. The molecule has 0 spiro atoms. The van der Waals surface area contributed by atoms with Crippen LogP contribution in [0.15, 0.2) is 36.4 Å². The maximum absolute atomic E-state index is 6.09. The number of hydrogen-bond acceptors (Lipinski definition) is 2. The number of aryl methyl sites for hydroxylation is 1. The third kappa shape index (κ3) is 2.19. The van der Waals surface area contributed by atoms with Crippen LogP contribution >= 0.6 is 0 Å². The molecule has 0 unspecified atom stereocenters. The second-order valence-corrected chi connectivity index (χ2v) is 5.95. The first kappa shape index (κ1) is 12.1. The molecule has 2 heteroatoms. The molecule has 0 saturated heterocycles. The van der Waals surface area contributed by atoms with Crippen LogP contribution in [0.2, 0.25) is 0 Å². The van der Waals surface area contributed by atoms with Crippen molar-refractivity contribution in [1.29, 1.82) is 0 Å². The van der Waals surface area contributed by atoms with Crippen molar-refractivity contribution in [3.05, 3.63) is 47.5 Å². The molecule has 2 aromatic rings. The van der Waals surface area contributed by atoms with Crippen molar-refractivity contribution in [3.63, 3.8) is 0 Å². The van der Waals surface area contributed by atoms with Crippen LogP contribution in [0.5, 0.6) is 5.75 Å². The van der Waals surface area contributed by atoms with Gasteiger partial charge < -0.3 is 10.5 Å². The summed E-state index contributed by atoms with van der Waals surface area (Å²) in [4.78, 5) is 0. The first-order valence-electron chi connectivity index (χ1n) is 6.63. The predicted octanol–water partition coefficient (Wildman–Crippen LogP) is 3.96. The van der Waals surface area contributed by atoms with Crippen LogP contribution in [0.4, 0.5) is 5.69 Å². The molecular weight excluding hydrogens is 234 g/mol. The molecular formula is C17H19NO. The fourth-order valence-corrected chi connectivity index (χ4v) is 2.70. The largest absolute Gasteiger partial charge is 0.487 e. The summed E-state index contributed by atoms with van der Waals surface area (Å²) in [5.41, 5.74) is 11.6. The van der Waals surface area contributed by atoms with E-state index in [1.807, 2.05) is 12.1 Å². The van der Waals surface area contributed by atoms with Crippen molar-refractivity contribution in [2.24, 2.45) is 0 Å². The Morgan fingerprint density at radius 1 is 1.11 bits per heavy atom. The second-order valence-electron chi connectivity index (χ2n) is 5.95. The van der Waals surface area contributed by atoms with E-state index in [1.54, 1.807) is 0 Å². The van der Waals surface area contributed by atoms with E-state index in [2.05, 4.69) is 45.0 Å². The standard InChI is InChI=1S/C17H19NO/c1-11-4-6-15(18)14(8-11)12-5-7-16-13(9-12)10-17(2,3)19-16/h4-9H,10,18H2,1-3H3. The molecule has 0 bridgehead atoms. The van der Waals surface area contributed by atoms with Gasteiger partial charge in [-0.1, -0.05) is 17.7 Å². The van der Waals surface area contributed by atoms with Gasteiger partial charge in [-0.25, -0.2) is 0 Å². The van der Waals surface area contributed by atoms with E-state index in [9.17, 15) is 0 Å². The minimum Gasteiger partial charge on any atom is -0.487 e. The zero-order chi connectivity index (χ0) is 13.6. The van der Waals surface area contributed by atoms with Crippen LogP contribution in [-0.2, 0) is 6.42 Å². The van der Waals surface area contributed by atoms with Crippen molar-refractivity contribution in [2.45, 2.75) is 32.8 Å². The lowest BCUT2D eigenvalue weighted by atomic mass is 9.96. The van der Waals surface area contributed by atoms with Gasteiger partial charge in [-0.3, -0.25) is 0 Å². The smallest absolute Gasteiger partial charge is 0.123 e. The highest BCUT2D eigenvalue weighted by atomic mass is 16.5. The second kappa shape index (κ2) is 4.02. The van der Waals surface area contributed by atoms with Crippen molar-refractivity contribution in [3.8, 4) is 16.9 Å². The van der Waals surface area contributed by atoms with Gasteiger partial charge in [-0.2, -0.15) is 0 Å². The molecule has 2 aromatic carbocycles. The first-order chi connectivity index (χ1) is 8.94.